The second-order valence-corrected chi connectivity index (χ2v) is 12.5. The molecule has 0 spiro atoms. The molecule has 41 heavy (non-hydrogen) atoms. The average Bonchev–Trinajstić information content (AvgIpc) is 3.40. The molecule has 0 aromatic heterocycles. The highest BCUT2D eigenvalue weighted by atomic mass is 16.6. The van der Waals surface area contributed by atoms with Crippen molar-refractivity contribution in [1.82, 2.24) is 0 Å². The maximum atomic E-state index is 13.5. The van der Waals surface area contributed by atoms with Crippen molar-refractivity contribution in [3.63, 3.8) is 0 Å². The third-order valence-electron chi connectivity index (χ3n) is 8.93. The lowest BCUT2D eigenvalue weighted by Gasteiger charge is -2.45. The van der Waals surface area contributed by atoms with Crippen molar-refractivity contribution in [2.24, 2.45) is 11.3 Å². The van der Waals surface area contributed by atoms with Crippen molar-refractivity contribution in [3.8, 4) is 0 Å². The Kier molecular flexibility index (Phi) is 7.99. The molecule has 7 nitrogen and oxygen atoms in total. The first kappa shape index (κ1) is 29.2. The molecule has 0 amide bonds. The molecule has 1 heterocycles. The standard InChI is InChI=1S/C34H40O7/c1-22-15-16-27-33(4,41-27)20-26(35)29-25(32(2,3)38)17-18-34(29,21-39-30(36)23-11-7-5-8-12-23)28(19-22)40-31(37)24-13-9-6-10-14-24/h5-14,17,19,26-29,35,38H,15-16,18,20-21H2,1-4H3/b22-19+/t26-,27+,28+,29-,33+,34+/m1/s1. The number of allylic oxidation sites excluding steroid dienone is 2. The van der Waals surface area contributed by atoms with Crippen LogP contribution in [0.2, 0.25) is 0 Å². The maximum absolute atomic E-state index is 13.5. The number of epoxide rings is 1. The SMILES string of the molecule is C/C1=C\[C@H](OC(=O)c2ccccc2)[C@@]2(COC(=O)c3ccccc3)CC=C(C(C)(C)O)[C@@H]2[C@H](O)C[C@]2(C)O[C@H]2CC1. The summed E-state index contributed by atoms with van der Waals surface area (Å²) >= 11 is 0. The zero-order chi connectivity index (χ0) is 29.4. The molecule has 0 saturated carbocycles. The predicted octanol–water partition coefficient (Wildman–Crippen LogP) is 5.42. The van der Waals surface area contributed by atoms with Gasteiger partial charge in [0.25, 0.3) is 0 Å². The van der Waals surface area contributed by atoms with Crippen molar-refractivity contribution < 1.29 is 34.0 Å². The third-order valence-corrected chi connectivity index (χ3v) is 8.93. The number of ether oxygens (including phenoxy) is 3. The van der Waals surface area contributed by atoms with Crippen LogP contribution < -0.4 is 0 Å². The largest absolute Gasteiger partial charge is 0.461 e. The first-order chi connectivity index (χ1) is 19.4. The van der Waals surface area contributed by atoms with Crippen molar-refractivity contribution in [3.05, 3.63) is 95.1 Å². The number of hydrogen-bond donors (Lipinski definition) is 2. The lowest BCUT2D eigenvalue weighted by molar-refractivity contribution is -0.0827. The summed E-state index contributed by atoms with van der Waals surface area (Å²) in [6.45, 7) is 7.25. The first-order valence-corrected chi connectivity index (χ1v) is 14.4. The number of carbonyl (C=O) groups excluding carboxylic acids is 2. The Morgan fingerprint density at radius 1 is 1.02 bits per heavy atom. The molecule has 3 aliphatic rings. The van der Waals surface area contributed by atoms with Crippen LogP contribution in [0.15, 0.2) is 84.0 Å². The van der Waals surface area contributed by atoms with Crippen molar-refractivity contribution in [1.29, 1.82) is 0 Å². The zero-order valence-corrected chi connectivity index (χ0v) is 24.2. The van der Waals surface area contributed by atoms with E-state index in [0.717, 1.165) is 18.4 Å². The second-order valence-electron chi connectivity index (χ2n) is 12.5. The Morgan fingerprint density at radius 2 is 1.63 bits per heavy atom. The summed E-state index contributed by atoms with van der Waals surface area (Å²) in [7, 11) is 0. The first-order valence-electron chi connectivity index (χ1n) is 14.4. The molecule has 2 aliphatic carbocycles. The molecule has 0 unspecified atom stereocenters. The van der Waals surface area contributed by atoms with E-state index in [2.05, 4.69) is 0 Å². The quantitative estimate of drug-likeness (QED) is 0.276. The fourth-order valence-corrected chi connectivity index (χ4v) is 6.61. The average molecular weight is 561 g/mol. The summed E-state index contributed by atoms with van der Waals surface area (Å²) in [5, 5.41) is 23.2. The lowest BCUT2D eigenvalue weighted by Crippen LogP contribution is -2.52. The Balaban J connectivity index is 1.60. The second kappa shape index (κ2) is 11.2. The van der Waals surface area contributed by atoms with Crippen molar-refractivity contribution >= 4 is 11.9 Å². The number of esters is 2. The Labute approximate surface area is 241 Å². The van der Waals surface area contributed by atoms with E-state index in [1.54, 1.807) is 62.4 Å². The van der Waals surface area contributed by atoms with Crippen LogP contribution >= 0.6 is 0 Å². The molecule has 1 fully saturated rings. The minimum atomic E-state index is -1.27. The van der Waals surface area contributed by atoms with Gasteiger partial charge in [-0.1, -0.05) is 48.0 Å². The highest BCUT2D eigenvalue weighted by Gasteiger charge is 2.60. The van der Waals surface area contributed by atoms with Gasteiger partial charge in [-0.05, 0) is 82.9 Å². The van der Waals surface area contributed by atoms with Crippen LogP contribution in [-0.4, -0.2) is 58.3 Å². The molecule has 2 aromatic carbocycles. The van der Waals surface area contributed by atoms with E-state index >= 15 is 0 Å². The van der Waals surface area contributed by atoms with E-state index in [1.807, 2.05) is 38.1 Å². The highest BCUT2D eigenvalue weighted by Crippen LogP contribution is 2.55. The summed E-state index contributed by atoms with van der Waals surface area (Å²) < 4.78 is 18.3. The van der Waals surface area contributed by atoms with Gasteiger partial charge in [0.2, 0.25) is 0 Å². The van der Waals surface area contributed by atoms with Gasteiger partial charge >= 0.3 is 11.9 Å². The molecule has 5 rings (SSSR count). The fraction of sp³-hybridized carbons (Fsp3) is 0.471. The van der Waals surface area contributed by atoms with Crippen LogP contribution in [0, 0.1) is 11.3 Å². The van der Waals surface area contributed by atoms with Gasteiger partial charge < -0.3 is 24.4 Å². The number of fused-ring (bicyclic) bond motifs is 2. The molecule has 0 radical (unpaired) electrons. The minimum absolute atomic E-state index is 0.00481. The van der Waals surface area contributed by atoms with E-state index in [0.29, 0.717) is 29.5 Å². The number of benzene rings is 2. The van der Waals surface area contributed by atoms with Gasteiger partial charge in [0.1, 0.15) is 12.7 Å². The van der Waals surface area contributed by atoms with Gasteiger partial charge in [-0.2, -0.15) is 0 Å². The normalized spacial score (nSPS) is 32.7. The highest BCUT2D eigenvalue weighted by molar-refractivity contribution is 5.90. The Hall–Kier alpha value is -3.26. The predicted molar refractivity (Wildman–Crippen MR) is 154 cm³/mol. The van der Waals surface area contributed by atoms with Gasteiger partial charge in [-0.25, -0.2) is 9.59 Å². The molecule has 2 N–H and O–H groups in total. The van der Waals surface area contributed by atoms with Gasteiger partial charge in [0.15, 0.2) is 0 Å². The molecule has 7 heteroatoms. The summed E-state index contributed by atoms with van der Waals surface area (Å²) in [6, 6.07) is 17.5. The van der Waals surface area contributed by atoms with E-state index in [4.69, 9.17) is 14.2 Å². The summed E-state index contributed by atoms with van der Waals surface area (Å²) in [6.07, 6.45) is 4.22. The van der Waals surface area contributed by atoms with Gasteiger partial charge in [0, 0.05) is 12.3 Å². The number of aliphatic hydroxyl groups excluding tert-OH is 1. The lowest BCUT2D eigenvalue weighted by atomic mass is 9.65. The molecular formula is C34H40O7. The van der Waals surface area contributed by atoms with Crippen LogP contribution in [0.5, 0.6) is 0 Å². The number of hydrogen-bond acceptors (Lipinski definition) is 7. The molecule has 2 aromatic rings. The van der Waals surface area contributed by atoms with Gasteiger partial charge in [-0.3, -0.25) is 0 Å². The van der Waals surface area contributed by atoms with Crippen LogP contribution in [0.4, 0.5) is 0 Å². The Morgan fingerprint density at radius 3 is 2.24 bits per heavy atom. The zero-order valence-electron chi connectivity index (χ0n) is 24.2. The molecular weight excluding hydrogens is 520 g/mol. The van der Waals surface area contributed by atoms with Crippen molar-refractivity contribution in [2.75, 3.05) is 6.61 Å². The van der Waals surface area contributed by atoms with Crippen LogP contribution in [0.25, 0.3) is 0 Å². The van der Waals surface area contributed by atoms with Crippen LogP contribution in [-0.2, 0) is 14.2 Å². The topological polar surface area (TPSA) is 106 Å². The minimum Gasteiger partial charge on any atom is -0.461 e. The summed E-state index contributed by atoms with van der Waals surface area (Å²) in [5.41, 5.74) is -0.401. The van der Waals surface area contributed by atoms with Crippen LogP contribution in [0.1, 0.15) is 74.1 Å². The Bertz CT molecular complexity index is 1330. The fourth-order valence-electron chi connectivity index (χ4n) is 6.61. The molecule has 6 atom stereocenters. The third kappa shape index (κ3) is 6.03. The van der Waals surface area contributed by atoms with Crippen molar-refractivity contribution in [2.45, 2.75) is 82.9 Å². The monoisotopic (exact) mass is 560 g/mol. The van der Waals surface area contributed by atoms with Gasteiger partial charge in [-0.15, -0.1) is 0 Å². The summed E-state index contributed by atoms with van der Waals surface area (Å²) in [5.74, 6) is -1.69. The molecule has 218 valence electrons. The van der Waals surface area contributed by atoms with E-state index in [-0.39, 0.29) is 12.7 Å². The summed E-state index contributed by atoms with van der Waals surface area (Å²) in [4.78, 5) is 26.7. The number of aliphatic hydroxyl groups is 2. The maximum Gasteiger partial charge on any atom is 0.338 e. The molecule has 0 bridgehead atoms. The number of carbonyl (C=O) groups is 2. The number of rotatable bonds is 6. The molecule has 1 aliphatic heterocycles. The van der Waals surface area contributed by atoms with Crippen LogP contribution in [0.3, 0.4) is 0 Å². The van der Waals surface area contributed by atoms with E-state index in [9.17, 15) is 19.8 Å². The van der Waals surface area contributed by atoms with E-state index < -0.39 is 46.7 Å². The van der Waals surface area contributed by atoms with Gasteiger partial charge in [0.05, 0.1) is 40.0 Å². The smallest absolute Gasteiger partial charge is 0.338 e. The molecule has 1 saturated heterocycles. The van der Waals surface area contributed by atoms with E-state index in [1.165, 1.54) is 0 Å².